The van der Waals surface area contributed by atoms with Crippen LogP contribution < -0.4 is 5.32 Å². The second-order valence-corrected chi connectivity index (χ2v) is 3.63. The molecule has 1 aliphatic rings. The fourth-order valence-corrected chi connectivity index (χ4v) is 1.69. The van der Waals surface area contributed by atoms with Crippen molar-refractivity contribution in [1.82, 2.24) is 10.2 Å². The summed E-state index contributed by atoms with van der Waals surface area (Å²) in [6, 6.07) is 0.196. The molecular formula is C9H16N2O3. The summed E-state index contributed by atoms with van der Waals surface area (Å²) in [5.74, 6) is -0.789. The van der Waals surface area contributed by atoms with Gasteiger partial charge in [0.25, 0.3) is 0 Å². The molecule has 1 saturated heterocycles. The maximum Gasteiger partial charge on any atom is 0.304 e. The summed E-state index contributed by atoms with van der Waals surface area (Å²) < 4.78 is 0. The number of nitrogens with zero attached hydrogens (tertiary/aromatic N) is 1. The molecule has 0 bridgehead atoms. The Morgan fingerprint density at radius 1 is 1.57 bits per heavy atom. The number of hydrogen-bond acceptors (Lipinski definition) is 3. The topological polar surface area (TPSA) is 69.6 Å². The van der Waals surface area contributed by atoms with Crippen molar-refractivity contribution < 1.29 is 14.7 Å². The maximum absolute atomic E-state index is 10.7. The van der Waals surface area contributed by atoms with Crippen LogP contribution in [0.3, 0.4) is 0 Å². The van der Waals surface area contributed by atoms with Crippen molar-refractivity contribution in [3.05, 3.63) is 0 Å². The van der Waals surface area contributed by atoms with Crippen LogP contribution in [0.5, 0.6) is 0 Å². The molecule has 1 rings (SSSR count). The van der Waals surface area contributed by atoms with Crippen LogP contribution in [0.2, 0.25) is 0 Å². The number of carboxylic acids is 1. The van der Waals surface area contributed by atoms with Gasteiger partial charge < -0.3 is 15.3 Å². The SMILES string of the molecule is CC(=O)NC1CCN(CCC(=O)O)C1. The van der Waals surface area contributed by atoms with Gasteiger partial charge in [-0.15, -0.1) is 0 Å². The van der Waals surface area contributed by atoms with Crippen LogP contribution in [0.15, 0.2) is 0 Å². The van der Waals surface area contributed by atoms with Crippen molar-refractivity contribution in [2.45, 2.75) is 25.8 Å². The highest BCUT2D eigenvalue weighted by Crippen LogP contribution is 2.09. The molecule has 0 radical (unpaired) electrons. The van der Waals surface area contributed by atoms with Gasteiger partial charge in [0.15, 0.2) is 0 Å². The summed E-state index contributed by atoms with van der Waals surface area (Å²) in [5, 5.41) is 11.3. The average Bonchev–Trinajstić information content (AvgIpc) is 2.47. The molecule has 14 heavy (non-hydrogen) atoms. The Labute approximate surface area is 83.1 Å². The van der Waals surface area contributed by atoms with Crippen LogP contribution in [0.4, 0.5) is 0 Å². The molecule has 0 aliphatic carbocycles. The minimum atomic E-state index is -0.770. The van der Waals surface area contributed by atoms with Crippen molar-refractivity contribution in [1.29, 1.82) is 0 Å². The van der Waals surface area contributed by atoms with E-state index in [1.807, 2.05) is 0 Å². The first-order chi connectivity index (χ1) is 6.58. The third kappa shape index (κ3) is 3.74. The predicted octanol–water partition coefficient (Wildman–Crippen LogP) is -0.328. The zero-order valence-electron chi connectivity index (χ0n) is 8.32. The van der Waals surface area contributed by atoms with E-state index >= 15 is 0 Å². The van der Waals surface area contributed by atoms with E-state index in [2.05, 4.69) is 10.2 Å². The molecule has 0 saturated carbocycles. The molecule has 0 spiro atoms. The van der Waals surface area contributed by atoms with Gasteiger partial charge in [0, 0.05) is 32.6 Å². The lowest BCUT2D eigenvalue weighted by Gasteiger charge is -2.14. The molecule has 1 aliphatic heterocycles. The van der Waals surface area contributed by atoms with Gasteiger partial charge in [0.05, 0.1) is 6.42 Å². The van der Waals surface area contributed by atoms with Crippen molar-refractivity contribution in [3.8, 4) is 0 Å². The smallest absolute Gasteiger partial charge is 0.304 e. The van der Waals surface area contributed by atoms with Gasteiger partial charge >= 0.3 is 5.97 Å². The third-order valence-electron chi connectivity index (χ3n) is 2.32. The molecule has 2 N–H and O–H groups in total. The van der Waals surface area contributed by atoms with Gasteiger partial charge in [0.2, 0.25) is 5.91 Å². The summed E-state index contributed by atoms with van der Waals surface area (Å²) in [6.07, 6.45) is 1.09. The predicted molar refractivity (Wildman–Crippen MR) is 50.9 cm³/mol. The van der Waals surface area contributed by atoms with Crippen molar-refractivity contribution in [2.75, 3.05) is 19.6 Å². The molecule has 1 unspecified atom stereocenters. The van der Waals surface area contributed by atoms with Gasteiger partial charge in [-0.2, -0.15) is 0 Å². The molecule has 5 heteroatoms. The lowest BCUT2D eigenvalue weighted by molar-refractivity contribution is -0.137. The Hall–Kier alpha value is -1.10. The van der Waals surface area contributed by atoms with Gasteiger partial charge in [-0.25, -0.2) is 0 Å². The summed E-state index contributed by atoms with van der Waals surface area (Å²) in [7, 11) is 0. The van der Waals surface area contributed by atoms with E-state index < -0.39 is 5.97 Å². The minimum Gasteiger partial charge on any atom is -0.481 e. The van der Waals surface area contributed by atoms with Crippen molar-refractivity contribution in [2.24, 2.45) is 0 Å². The molecular weight excluding hydrogens is 184 g/mol. The quantitative estimate of drug-likeness (QED) is 0.652. The lowest BCUT2D eigenvalue weighted by atomic mass is 10.2. The second kappa shape index (κ2) is 4.95. The molecule has 1 atom stereocenters. The second-order valence-electron chi connectivity index (χ2n) is 3.63. The highest BCUT2D eigenvalue weighted by molar-refractivity contribution is 5.73. The van der Waals surface area contributed by atoms with E-state index in [0.717, 1.165) is 19.5 Å². The first-order valence-corrected chi connectivity index (χ1v) is 4.79. The normalized spacial score (nSPS) is 22.2. The summed E-state index contributed by atoms with van der Waals surface area (Å²) in [4.78, 5) is 23.1. The van der Waals surface area contributed by atoms with E-state index in [1.165, 1.54) is 6.92 Å². The standard InChI is InChI=1S/C9H16N2O3/c1-7(12)10-8-2-4-11(6-8)5-3-9(13)14/h8H,2-6H2,1H3,(H,10,12)(H,13,14). The lowest BCUT2D eigenvalue weighted by Crippen LogP contribution is -2.35. The Kier molecular flexibility index (Phi) is 3.88. The number of aliphatic carboxylic acids is 1. The third-order valence-corrected chi connectivity index (χ3v) is 2.32. The van der Waals surface area contributed by atoms with E-state index in [0.29, 0.717) is 6.54 Å². The number of carboxylic acid groups (broad SMARTS) is 1. The molecule has 1 amide bonds. The number of amides is 1. The first-order valence-electron chi connectivity index (χ1n) is 4.79. The molecule has 80 valence electrons. The van der Waals surface area contributed by atoms with E-state index in [9.17, 15) is 9.59 Å². The summed E-state index contributed by atoms with van der Waals surface area (Å²) in [5.41, 5.74) is 0. The van der Waals surface area contributed by atoms with Crippen LogP contribution in [0.1, 0.15) is 19.8 Å². The van der Waals surface area contributed by atoms with Crippen LogP contribution in [-0.4, -0.2) is 47.6 Å². The van der Waals surface area contributed by atoms with E-state index in [-0.39, 0.29) is 18.4 Å². The highest BCUT2D eigenvalue weighted by Gasteiger charge is 2.22. The number of carbonyl (C=O) groups excluding carboxylic acids is 1. The number of nitrogens with one attached hydrogen (secondary N) is 1. The zero-order chi connectivity index (χ0) is 10.6. The summed E-state index contributed by atoms with van der Waals surface area (Å²) >= 11 is 0. The van der Waals surface area contributed by atoms with Gasteiger partial charge in [-0.1, -0.05) is 0 Å². The molecule has 1 fully saturated rings. The first kappa shape index (κ1) is 11.0. The highest BCUT2D eigenvalue weighted by atomic mass is 16.4. The van der Waals surface area contributed by atoms with Gasteiger partial charge in [-0.3, -0.25) is 9.59 Å². The van der Waals surface area contributed by atoms with Gasteiger partial charge in [-0.05, 0) is 6.42 Å². The minimum absolute atomic E-state index is 0.0184. The molecule has 5 nitrogen and oxygen atoms in total. The zero-order valence-corrected chi connectivity index (χ0v) is 8.32. The van der Waals surface area contributed by atoms with Crippen LogP contribution in [0, 0.1) is 0 Å². The Balaban J connectivity index is 2.20. The van der Waals surface area contributed by atoms with Crippen LogP contribution in [0.25, 0.3) is 0 Å². The van der Waals surface area contributed by atoms with Crippen LogP contribution in [-0.2, 0) is 9.59 Å². The van der Waals surface area contributed by atoms with E-state index in [4.69, 9.17) is 5.11 Å². The largest absolute Gasteiger partial charge is 0.481 e. The molecule has 0 aromatic carbocycles. The Morgan fingerprint density at radius 2 is 2.29 bits per heavy atom. The molecule has 0 aromatic rings. The number of carbonyl (C=O) groups is 2. The fourth-order valence-electron chi connectivity index (χ4n) is 1.69. The van der Waals surface area contributed by atoms with Crippen molar-refractivity contribution in [3.63, 3.8) is 0 Å². The van der Waals surface area contributed by atoms with Crippen LogP contribution >= 0.6 is 0 Å². The van der Waals surface area contributed by atoms with Crippen molar-refractivity contribution >= 4 is 11.9 Å². The Bertz CT molecular complexity index is 230. The van der Waals surface area contributed by atoms with E-state index in [1.54, 1.807) is 0 Å². The fraction of sp³-hybridized carbons (Fsp3) is 0.778. The number of likely N-dealkylation sites (tertiary alicyclic amines) is 1. The monoisotopic (exact) mass is 200 g/mol. The Morgan fingerprint density at radius 3 is 2.86 bits per heavy atom. The maximum atomic E-state index is 10.7. The average molecular weight is 200 g/mol. The molecule has 1 heterocycles. The molecule has 0 aromatic heterocycles. The number of rotatable bonds is 4. The number of hydrogen-bond donors (Lipinski definition) is 2. The van der Waals surface area contributed by atoms with Gasteiger partial charge in [0.1, 0.15) is 0 Å². The summed E-state index contributed by atoms with van der Waals surface area (Å²) in [6.45, 7) is 3.72.